The number of carbonyl (C=O) groups excluding carboxylic acids is 1. The van der Waals surface area contributed by atoms with Crippen LogP contribution in [0.15, 0.2) is 24.3 Å². The van der Waals surface area contributed by atoms with E-state index in [1.165, 1.54) is 12.8 Å². The fraction of sp³-hybridized carbons (Fsp3) is 0.438. The number of hydrogen-bond donors (Lipinski definition) is 3. The van der Waals surface area contributed by atoms with E-state index >= 15 is 0 Å². The smallest absolute Gasteiger partial charge is 0.267 e. The summed E-state index contributed by atoms with van der Waals surface area (Å²) in [6, 6.07) is 7.86. The molecule has 0 bridgehead atoms. The minimum absolute atomic E-state index is 0.0281. The lowest BCUT2D eigenvalue weighted by Gasteiger charge is -2.27. The molecule has 0 radical (unpaired) electrons. The Kier molecular flexibility index (Phi) is 3.38. The van der Waals surface area contributed by atoms with Crippen molar-refractivity contribution in [3.05, 3.63) is 30.0 Å². The zero-order chi connectivity index (χ0) is 14.1. The third kappa shape index (κ3) is 2.50. The van der Waals surface area contributed by atoms with Gasteiger partial charge in [0.25, 0.3) is 5.91 Å². The van der Waals surface area contributed by atoms with Gasteiger partial charge in [-0.25, -0.2) is 0 Å². The summed E-state index contributed by atoms with van der Waals surface area (Å²) >= 11 is 0. The maximum absolute atomic E-state index is 12.3. The van der Waals surface area contributed by atoms with Gasteiger partial charge in [-0.3, -0.25) is 4.79 Å². The monoisotopic (exact) mass is 271 g/mol. The fourth-order valence-electron chi connectivity index (χ4n) is 3.13. The number of fused-ring (bicyclic) bond motifs is 1. The first-order chi connectivity index (χ1) is 9.63. The van der Waals surface area contributed by atoms with Crippen LogP contribution in [0.25, 0.3) is 10.9 Å². The second kappa shape index (κ2) is 5.19. The molecule has 20 heavy (non-hydrogen) atoms. The maximum atomic E-state index is 12.3. The Hall–Kier alpha value is -1.97. The second-order valence-corrected chi connectivity index (χ2v) is 5.94. The standard InChI is InChI=1S/C16H21N3O/c1-10-4-2-6-12(8-10)18-16(20)14-9-11-5-3-7-13(17)15(11)19-14/h3,5,7,9-10,12,19H,2,4,6,8,17H2,1H3,(H,18,20). The van der Waals surface area contributed by atoms with Gasteiger partial charge in [0, 0.05) is 11.4 Å². The summed E-state index contributed by atoms with van der Waals surface area (Å²) in [6.07, 6.45) is 4.63. The third-order valence-corrected chi connectivity index (χ3v) is 4.20. The lowest BCUT2D eigenvalue weighted by molar-refractivity contribution is 0.0917. The molecule has 2 unspecified atom stereocenters. The van der Waals surface area contributed by atoms with Gasteiger partial charge in [0.05, 0.1) is 11.2 Å². The Morgan fingerprint density at radius 2 is 2.25 bits per heavy atom. The SMILES string of the molecule is CC1CCCC(NC(=O)c2cc3cccc(N)c3[nH]2)C1. The number of aromatic nitrogens is 1. The number of nitrogens with two attached hydrogens (primary N) is 1. The number of amides is 1. The van der Waals surface area contributed by atoms with Crippen molar-refractivity contribution in [3.63, 3.8) is 0 Å². The minimum atomic E-state index is -0.0281. The summed E-state index contributed by atoms with van der Waals surface area (Å²) in [5.41, 5.74) is 8.02. The lowest BCUT2D eigenvalue weighted by Crippen LogP contribution is -2.38. The number of para-hydroxylation sites is 1. The van der Waals surface area contributed by atoms with Gasteiger partial charge in [0.1, 0.15) is 5.69 Å². The Bertz CT molecular complexity index is 632. The summed E-state index contributed by atoms with van der Waals surface area (Å²) in [6.45, 7) is 2.25. The van der Waals surface area contributed by atoms with Crippen molar-refractivity contribution in [1.82, 2.24) is 10.3 Å². The van der Waals surface area contributed by atoms with Crippen LogP contribution in [0.3, 0.4) is 0 Å². The van der Waals surface area contributed by atoms with Crippen LogP contribution in [0.5, 0.6) is 0 Å². The number of nitrogens with one attached hydrogen (secondary N) is 2. The van der Waals surface area contributed by atoms with Gasteiger partial charge in [-0.1, -0.05) is 31.9 Å². The molecule has 1 aliphatic rings. The highest BCUT2D eigenvalue weighted by Gasteiger charge is 2.21. The first-order valence-electron chi connectivity index (χ1n) is 7.31. The van der Waals surface area contributed by atoms with Crippen molar-refractivity contribution in [3.8, 4) is 0 Å². The predicted molar refractivity (Wildman–Crippen MR) is 81.6 cm³/mol. The molecule has 1 fully saturated rings. The zero-order valence-corrected chi connectivity index (χ0v) is 11.8. The lowest BCUT2D eigenvalue weighted by atomic mass is 9.87. The van der Waals surface area contributed by atoms with E-state index < -0.39 is 0 Å². The molecule has 0 aliphatic heterocycles. The van der Waals surface area contributed by atoms with Crippen LogP contribution in [0, 0.1) is 5.92 Å². The topological polar surface area (TPSA) is 70.9 Å². The molecule has 2 aromatic rings. The van der Waals surface area contributed by atoms with E-state index in [9.17, 15) is 4.79 Å². The normalized spacial score (nSPS) is 22.9. The fourth-order valence-corrected chi connectivity index (χ4v) is 3.13. The van der Waals surface area contributed by atoms with Gasteiger partial charge < -0.3 is 16.0 Å². The van der Waals surface area contributed by atoms with Crippen LogP contribution in [0.1, 0.15) is 43.1 Å². The molecule has 4 N–H and O–H groups in total. The molecule has 0 saturated heterocycles. The van der Waals surface area contributed by atoms with Crippen molar-refractivity contribution in [2.45, 2.75) is 38.6 Å². The van der Waals surface area contributed by atoms with Crippen LogP contribution in [0.2, 0.25) is 0 Å². The van der Waals surface area contributed by atoms with E-state index in [1.54, 1.807) is 0 Å². The number of benzene rings is 1. The molecule has 1 saturated carbocycles. The van der Waals surface area contributed by atoms with E-state index in [4.69, 9.17) is 5.73 Å². The van der Waals surface area contributed by atoms with E-state index in [0.717, 1.165) is 23.7 Å². The molecule has 0 spiro atoms. The molecule has 106 valence electrons. The highest BCUT2D eigenvalue weighted by Crippen LogP contribution is 2.24. The Morgan fingerprint density at radius 1 is 1.40 bits per heavy atom. The van der Waals surface area contributed by atoms with Crippen molar-refractivity contribution >= 4 is 22.5 Å². The van der Waals surface area contributed by atoms with Gasteiger partial charge in [-0.2, -0.15) is 0 Å². The van der Waals surface area contributed by atoms with Crippen molar-refractivity contribution in [1.29, 1.82) is 0 Å². The number of anilines is 1. The summed E-state index contributed by atoms with van der Waals surface area (Å²) in [4.78, 5) is 15.4. The Morgan fingerprint density at radius 3 is 3.00 bits per heavy atom. The minimum Gasteiger partial charge on any atom is -0.397 e. The molecule has 2 atom stereocenters. The van der Waals surface area contributed by atoms with Gasteiger partial charge >= 0.3 is 0 Å². The van der Waals surface area contributed by atoms with Crippen LogP contribution in [-0.2, 0) is 0 Å². The average molecular weight is 271 g/mol. The first-order valence-corrected chi connectivity index (χ1v) is 7.31. The number of hydrogen-bond acceptors (Lipinski definition) is 2. The first kappa shape index (κ1) is 13.0. The number of aromatic amines is 1. The second-order valence-electron chi connectivity index (χ2n) is 5.94. The molecular weight excluding hydrogens is 250 g/mol. The van der Waals surface area contributed by atoms with Gasteiger partial charge in [0.2, 0.25) is 0 Å². The summed E-state index contributed by atoms with van der Waals surface area (Å²) in [7, 11) is 0. The van der Waals surface area contributed by atoms with E-state index in [-0.39, 0.29) is 5.91 Å². The molecule has 4 heteroatoms. The van der Waals surface area contributed by atoms with Crippen molar-refractivity contribution < 1.29 is 4.79 Å². The summed E-state index contributed by atoms with van der Waals surface area (Å²) in [5.74, 6) is 0.673. The maximum Gasteiger partial charge on any atom is 0.267 e. The van der Waals surface area contributed by atoms with E-state index in [0.29, 0.717) is 23.3 Å². The average Bonchev–Trinajstić information content (AvgIpc) is 2.84. The molecule has 1 heterocycles. The van der Waals surface area contributed by atoms with Gasteiger partial charge in [0.15, 0.2) is 0 Å². The highest BCUT2D eigenvalue weighted by atomic mass is 16.1. The molecule has 1 aromatic heterocycles. The largest absolute Gasteiger partial charge is 0.397 e. The molecule has 4 nitrogen and oxygen atoms in total. The molecule has 1 aliphatic carbocycles. The van der Waals surface area contributed by atoms with Crippen molar-refractivity contribution in [2.75, 3.05) is 5.73 Å². The molecule has 3 rings (SSSR count). The number of rotatable bonds is 2. The Labute approximate surface area is 118 Å². The van der Waals surface area contributed by atoms with Crippen LogP contribution < -0.4 is 11.1 Å². The highest BCUT2D eigenvalue weighted by molar-refractivity contribution is 6.00. The quantitative estimate of drug-likeness (QED) is 0.735. The zero-order valence-electron chi connectivity index (χ0n) is 11.8. The third-order valence-electron chi connectivity index (χ3n) is 4.20. The summed E-state index contributed by atoms with van der Waals surface area (Å²) in [5, 5.41) is 4.11. The van der Waals surface area contributed by atoms with Gasteiger partial charge in [-0.15, -0.1) is 0 Å². The van der Waals surface area contributed by atoms with Crippen LogP contribution in [0.4, 0.5) is 5.69 Å². The van der Waals surface area contributed by atoms with E-state index in [1.807, 2.05) is 24.3 Å². The molecule has 1 aromatic carbocycles. The predicted octanol–water partition coefficient (Wildman–Crippen LogP) is 3.06. The van der Waals surface area contributed by atoms with Crippen molar-refractivity contribution in [2.24, 2.45) is 5.92 Å². The molecule has 1 amide bonds. The van der Waals surface area contributed by atoms with E-state index in [2.05, 4.69) is 17.2 Å². The van der Waals surface area contributed by atoms with Crippen LogP contribution in [-0.4, -0.2) is 16.9 Å². The summed E-state index contributed by atoms with van der Waals surface area (Å²) < 4.78 is 0. The Balaban J connectivity index is 1.77. The number of carbonyl (C=O) groups is 1. The van der Waals surface area contributed by atoms with Gasteiger partial charge in [-0.05, 0) is 30.9 Å². The number of H-pyrrole nitrogens is 1. The number of nitrogen functional groups attached to an aromatic ring is 1. The molecular formula is C16H21N3O. The van der Waals surface area contributed by atoms with Crippen LogP contribution >= 0.6 is 0 Å².